The van der Waals surface area contributed by atoms with Crippen LogP contribution in [0.3, 0.4) is 0 Å². The van der Waals surface area contributed by atoms with Crippen molar-refractivity contribution in [3.05, 3.63) is 60.6 Å². The fraction of sp³-hybridized carbons (Fsp3) is 0.300. The van der Waals surface area contributed by atoms with E-state index in [0.717, 1.165) is 55.7 Å². The van der Waals surface area contributed by atoms with E-state index in [2.05, 4.69) is 49.8 Å². The summed E-state index contributed by atoms with van der Waals surface area (Å²) < 4.78 is 0. The highest BCUT2D eigenvalue weighted by atomic mass is 15.2. The number of hydrogen-bond donors (Lipinski definition) is 2. The molecule has 3 aromatic rings. The Morgan fingerprint density at radius 1 is 1.00 bits per heavy atom. The van der Waals surface area contributed by atoms with Gasteiger partial charge >= 0.3 is 0 Å². The summed E-state index contributed by atoms with van der Waals surface area (Å²) in [6, 6.07) is 12.9. The van der Waals surface area contributed by atoms with Gasteiger partial charge in [0.15, 0.2) is 0 Å². The lowest BCUT2D eigenvalue weighted by Crippen LogP contribution is -2.43. The standard InChI is InChI=1S/C20H23N5/c1-3-17(25-13-11-21-12-14-25)4-2-16(1)5-9-23-20-7-10-24-19-6-8-22-15-18(19)20/h1-4,6-8,10,15,21H,5,9,11-14H2,(H,23,24). The van der Waals surface area contributed by atoms with Crippen LogP contribution >= 0.6 is 0 Å². The summed E-state index contributed by atoms with van der Waals surface area (Å²) in [5.74, 6) is 0. The van der Waals surface area contributed by atoms with Gasteiger partial charge in [-0.1, -0.05) is 12.1 Å². The normalized spacial score (nSPS) is 14.6. The van der Waals surface area contributed by atoms with Crippen molar-refractivity contribution in [1.82, 2.24) is 15.3 Å². The van der Waals surface area contributed by atoms with E-state index < -0.39 is 0 Å². The molecule has 1 aliphatic heterocycles. The molecular formula is C20H23N5. The van der Waals surface area contributed by atoms with Crippen LogP contribution < -0.4 is 15.5 Å². The molecule has 0 bridgehead atoms. The summed E-state index contributed by atoms with van der Waals surface area (Å²) in [5.41, 5.74) is 4.74. The van der Waals surface area contributed by atoms with Gasteiger partial charge in [0.1, 0.15) is 0 Å². The van der Waals surface area contributed by atoms with Crippen LogP contribution in [0.5, 0.6) is 0 Å². The van der Waals surface area contributed by atoms with Crippen molar-refractivity contribution in [3.63, 3.8) is 0 Å². The predicted molar refractivity (Wildman–Crippen MR) is 103 cm³/mol. The third-order valence-corrected chi connectivity index (χ3v) is 4.69. The first kappa shape index (κ1) is 15.8. The van der Waals surface area contributed by atoms with Crippen LogP contribution in [-0.4, -0.2) is 42.7 Å². The Hall–Kier alpha value is -2.66. The van der Waals surface area contributed by atoms with Crippen molar-refractivity contribution in [3.8, 4) is 0 Å². The molecule has 1 saturated heterocycles. The van der Waals surface area contributed by atoms with Gasteiger partial charge in [-0.05, 0) is 36.2 Å². The van der Waals surface area contributed by atoms with Crippen molar-refractivity contribution in [2.24, 2.45) is 0 Å². The number of hydrogen-bond acceptors (Lipinski definition) is 5. The first-order valence-electron chi connectivity index (χ1n) is 8.87. The molecule has 3 heterocycles. The average Bonchev–Trinajstić information content (AvgIpc) is 2.69. The molecule has 4 rings (SSSR count). The van der Waals surface area contributed by atoms with Gasteiger partial charge in [-0.2, -0.15) is 0 Å². The van der Waals surface area contributed by atoms with E-state index in [4.69, 9.17) is 0 Å². The van der Waals surface area contributed by atoms with Gasteiger partial charge in [-0.15, -0.1) is 0 Å². The zero-order valence-corrected chi connectivity index (χ0v) is 14.3. The molecule has 1 aliphatic rings. The number of aromatic nitrogens is 2. The van der Waals surface area contributed by atoms with Crippen LogP contribution in [0.25, 0.3) is 10.9 Å². The Balaban J connectivity index is 1.36. The van der Waals surface area contributed by atoms with Crippen LogP contribution in [0.2, 0.25) is 0 Å². The van der Waals surface area contributed by atoms with Gasteiger partial charge in [-0.3, -0.25) is 9.97 Å². The van der Waals surface area contributed by atoms with E-state index in [9.17, 15) is 0 Å². The summed E-state index contributed by atoms with van der Waals surface area (Å²) in [5, 5.41) is 7.98. The van der Waals surface area contributed by atoms with Crippen molar-refractivity contribution >= 4 is 22.3 Å². The molecule has 1 fully saturated rings. The van der Waals surface area contributed by atoms with Crippen LogP contribution in [-0.2, 0) is 6.42 Å². The predicted octanol–water partition coefficient (Wildman–Crippen LogP) is 2.69. The van der Waals surface area contributed by atoms with Gasteiger partial charge in [0.05, 0.1) is 5.52 Å². The number of anilines is 2. The van der Waals surface area contributed by atoms with E-state index in [1.165, 1.54) is 11.3 Å². The van der Waals surface area contributed by atoms with Gasteiger partial charge in [0, 0.05) is 68.1 Å². The van der Waals surface area contributed by atoms with Crippen LogP contribution in [0.1, 0.15) is 5.56 Å². The summed E-state index contributed by atoms with van der Waals surface area (Å²) in [6.45, 7) is 5.20. The molecule has 0 saturated carbocycles. The fourth-order valence-corrected chi connectivity index (χ4v) is 3.28. The molecule has 128 valence electrons. The Labute approximate surface area is 148 Å². The third kappa shape index (κ3) is 3.72. The summed E-state index contributed by atoms with van der Waals surface area (Å²) in [7, 11) is 0. The molecule has 2 aromatic heterocycles. The van der Waals surface area contributed by atoms with Crippen LogP contribution in [0.4, 0.5) is 11.4 Å². The zero-order chi connectivity index (χ0) is 16.9. The van der Waals surface area contributed by atoms with Gasteiger partial charge in [-0.25, -0.2) is 0 Å². The van der Waals surface area contributed by atoms with Gasteiger partial charge < -0.3 is 15.5 Å². The number of fused-ring (bicyclic) bond motifs is 1. The molecule has 5 heteroatoms. The van der Waals surface area contributed by atoms with E-state index in [0.29, 0.717) is 0 Å². The average molecular weight is 333 g/mol. The van der Waals surface area contributed by atoms with E-state index in [1.807, 2.05) is 24.5 Å². The number of benzene rings is 1. The largest absolute Gasteiger partial charge is 0.384 e. The molecule has 0 aliphatic carbocycles. The van der Waals surface area contributed by atoms with Crippen molar-refractivity contribution in [2.45, 2.75) is 6.42 Å². The van der Waals surface area contributed by atoms with E-state index in [-0.39, 0.29) is 0 Å². The SMILES string of the molecule is c1cc2nccc(NCCc3ccc(N4CCNCC4)cc3)c2cn1. The second-order valence-electron chi connectivity index (χ2n) is 6.33. The molecule has 0 atom stereocenters. The van der Waals surface area contributed by atoms with Crippen molar-refractivity contribution < 1.29 is 0 Å². The first-order valence-corrected chi connectivity index (χ1v) is 8.87. The molecule has 25 heavy (non-hydrogen) atoms. The lowest BCUT2D eigenvalue weighted by molar-refractivity contribution is 0.589. The molecule has 1 aromatic carbocycles. The molecule has 0 radical (unpaired) electrons. The van der Waals surface area contributed by atoms with E-state index >= 15 is 0 Å². The Kier molecular flexibility index (Phi) is 4.74. The molecule has 5 nitrogen and oxygen atoms in total. The van der Waals surface area contributed by atoms with Crippen molar-refractivity contribution in [1.29, 1.82) is 0 Å². The summed E-state index contributed by atoms with van der Waals surface area (Å²) in [6.07, 6.45) is 6.48. The highest BCUT2D eigenvalue weighted by Crippen LogP contribution is 2.20. The van der Waals surface area contributed by atoms with Gasteiger partial charge in [0.2, 0.25) is 0 Å². The lowest BCUT2D eigenvalue weighted by atomic mass is 10.1. The monoisotopic (exact) mass is 333 g/mol. The Morgan fingerprint density at radius 3 is 2.68 bits per heavy atom. The highest BCUT2D eigenvalue weighted by Gasteiger charge is 2.09. The maximum Gasteiger partial charge on any atom is 0.0753 e. The minimum atomic E-state index is 0.890. The Morgan fingerprint density at radius 2 is 1.84 bits per heavy atom. The number of pyridine rings is 2. The van der Waals surface area contributed by atoms with Gasteiger partial charge in [0.25, 0.3) is 0 Å². The zero-order valence-electron chi connectivity index (χ0n) is 14.3. The molecular weight excluding hydrogens is 310 g/mol. The number of nitrogens with zero attached hydrogens (tertiary/aromatic N) is 3. The minimum absolute atomic E-state index is 0.890. The van der Waals surface area contributed by atoms with Crippen LogP contribution in [0.15, 0.2) is 55.0 Å². The van der Waals surface area contributed by atoms with Crippen molar-refractivity contribution in [2.75, 3.05) is 42.9 Å². The third-order valence-electron chi connectivity index (χ3n) is 4.69. The smallest absolute Gasteiger partial charge is 0.0753 e. The first-order chi connectivity index (χ1) is 12.4. The second-order valence-corrected chi connectivity index (χ2v) is 6.33. The molecule has 2 N–H and O–H groups in total. The number of piperazine rings is 1. The fourth-order valence-electron chi connectivity index (χ4n) is 3.28. The molecule has 0 spiro atoms. The summed E-state index contributed by atoms with van der Waals surface area (Å²) in [4.78, 5) is 11.0. The maximum absolute atomic E-state index is 4.37. The topological polar surface area (TPSA) is 53.1 Å². The summed E-state index contributed by atoms with van der Waals surface area (Å²) >= 11 is 0. The number of nitrogens with one attached hydrogen (secondary N) is 2. The Bertz CT molecular complexity index is 820. The van der Waals surface area contributed by atoms with E-state index in [1.54, 1.807) is 6.20 Å². The molecule has 0 unspecified atom stereocenters. The highest BCUT2D eigenvalue weighted by molar-refractivity contribution is 5.90. The minimum Gasteiger partial charge on any atom is -0.384 e. The quantitative estimate of drug-likeness (QED) is 0.752. The number of rotatable bonds is 5. The van der Waals surface area contributed by atoms with Crippen LogP contribution in [0, 0.1) is 0 Å². The molecule has 0 amide bonds. The lowest BCUT2D eigenvalue weighted by Gasteiger charge is -2.29. The maximum atomic E-state index is 4.37. The second kappa shape index (κ2) is 7.49.